The van der Waals surface area contributed by atoms with Crippen LogP contribution in [0, 0.1) is 6.92 Å². The molecule has 9 heteroatoms. The summed E-state index contributed by atoms with van der Waals surface area (Å²) in [6.07, 6.45) is 0. The Bertz CT molecular complexity index is 961. The summed E-state index contributed by atoms with van der Waals surface area (Å²) < 4.78 is 37.2. The van der Waals surface area contributed by atoms with Crippen LogP contribution in [-0.2, 0) is 19.6 Å². The summed E-state index contributed by atoms with van der Waals surface area (Å²) in [5.41, 5.74) is 1.90. The normalized spacial score (nSPS) is 11.6. The van der Waals surface area contributed by atoms with Gasteiger partial charge in [0.15, 0.2) is 6.61 Å². The molecule has 0 unspecified atom stereocenters. The summed E-state index contributed by atoms with van der Waals surface area (Å²) in [5, 5.41) is 9.30. The maximum absolute atomic E-state index is 12.8. The van der Waals surface area contributed by atoms with Crippen LogP contribution in [0.3, 0.4) is 0 Å². The van der Waals surface area contributed by atoms with E-state index < -0.39 is 22.6 Å². The number of methoxy groups -OCH3 is 1. The van der Waals surface area contributed by atoms with E-state index in [2.05, 4.69) is 0 Å². The maximum atomic E-state index is 12.8. The molecule has 1 N–H and O–H groups in total. The van der Waals surface area contributed by atoms with Crippen LogP contribution in [0.4, 0.5) is 0 Å². The predicted octanol–water partition coefficient (Wildman–Crippen LogP) is 3.05. The van der Waals surface area contributed by atoms with Crippen molar-refractivity contribution in [1.82, 2.24) is 4.31 Å². The number of carboxylic acid groups (broad SMARTS) is 1. The second kappa shape index (κ2) is 9.38. The van der Waals surface area contributed by atoms with Crippen molar-refractivity contribution < 1.29 is 27.8 Å². The van der Waals surface area contributed by atoms with Crippen LogP contribution >= 0.6 is 11.6 Å². The van der Waals surface area contributed by atoms with Gasteiger partial charge in [0.05, 0.1) is 11.5 Å². The molecule has 0 bridgehead atoms. The highest BCUT2D eigenvalue weighted by Crippen LogP contribution is 2.36. The van der Waals surface area contributed by atoms with E-state index in [1.807, 2.05) is 6.92 Å². The largest absolute Gasteiger partial charge is 0.481 e. The predicted molar refractivity (Wildman–Crippen MR) is 106 cm³/mol. The van der Waals surface area contributed by atoms with Gasteiger partial charge in [-0.3, -0.25) is 0 Å². The fourth-order valence-electron chi connectivity index (χ4n) is 2.55. The first kappa shape index (κ1) is 22.2. The second-order valence-corrected chi connectivity index (χ2v) is 8.60. The van der Waals surface area contributed by atoms with Crippen molar-refractivity contribution in [3.63, 3.8) is 0 Å². The first-order valence-corrected chi connectivity index (χ1v) is 10.2. The third-order valence-corrected chi connectivity index (χ3v) is 6.20. The highest BCUT2D eigenvalue weighted by molar-refractivity contribution is 7.89. The lowest BCUT2D eigenvalue weighted by Crippen LogP contribution is -2.30. The van der Waals surface area contributed by atoms with E-state index in [9.17, 15) is 13.2 Å². The van der Waals surface area contributed by atoms with Gasteiger partial charge < -0.3 is 14.6 Å². The van der Waals surface area contributed by atoms with E-state index in [0.717, 1.165) is 5.56 Å². The number of carbonyl (C=O) groups is 1. The molecular weight excluding hydrogens is 406 g/mol. The number of benzene rings is 2. The third-order valence-electron chi connectivity index (χ3n) is 4.11. The number of nitrogens with zero attached hydrogens (tertiary/aromatic N) is 1. The minimum absolute atomic E-state index is 0.107. The molecule has 152 valence electrons. The number of likely N-dealkylation sites (N-methyl/N-ethyl adjacent to an activating group) is 1. The second-order valence-electron chi connectivity index (χ2n) is 6.12. The lowest BCUT2D eigenvalue weighted by molar-refractivity contribution is -0.139. The van der Waals surface area contributed by atoms with Crippen molar-refractivity contribution in [2.45, 2.75) is 11.8 Å². The Kier molecular flexibility index (Phi) is 7.42. The molecule has 0 atom stereocenters. The first-order chi connectivity index (χ1) is 13.2. The zero-order chi connectivity index (χ0) is 20.9. The van der Waals surface area contributed by atoms with E-state index in [4.69, 9.17) is 26.2 Å². The zero-order valence-corrected chi connectivity index (χ0v) is 17.4. The van der Waals surface area contributed by atoms with Gasteiger partial charge in [-0.25, -0.2) is 13.2 Å². The average molecular weight is 428 g/mol. The first-order valence-electron chi connectivity index (χ1n) is 8.37. The van der Waals surface area contributed by atoms with Crippen LogP contribution in [0.5, 0.6) is 5.75 Å². The molecule has 0 saturated heterocycles. The number of aliphatic carboxylic acids is 1. The molecule has 0 radical (unpaired) electrons. The van der Waals surface area contributed by atoms with E-state index >= 15 is 0 Å². The van der Waals surface area contributed by atoms with Gasteiger partial charge in [0.2, 0.25) is 10.0 Å². The van der Waals surface area contributed by atoms with E-state index in [1.54, 1.807) is 24.3 Å². The van der Waals surface area contributed by atoms with Crippen molar-refractivity contribution >= 4 is 27.6 Å². The molecule has 2 aromatic carbocycles. The number of sulfonamides is 1. The number of ether oxygens (including phenoxy) is 2. The van der Waals surface area contributed by atoms with Crippen molar-refractivity contribution in [2.24, 2.45) is 0 Å². The molecule has 0 fully saturated rings. The Hall–Kier alpha value is -2.13. The SMILES string of the molecule is COCCN(C)S(=O)(=O)c1ccc(C)c(-c2cc(Cl)ccc2OCC(=O)O)c1. The molecule has 0 saturated carbocycles. The average Bonchev–Trinajstić information content (AvgIpc) is 2.65. The molecule has 28 heavy (non-hydrogen) atoms. The standard InChI is InChI=1S/C19H22ClNO6S/c1-13-4-6-15(28(24,25)21(2)8-9-26-3)11-16(13)17-10-14(20)5-7-18(17)27-12-19(22)23/h4-7,10-11H,8-9,12H2,1-3H3,(H,22,23). The smallest absolute Gasteiger partial charge is 0.341 e. The van der Waals surface area contributed by atoms with Crippen LogP contribution in [0.15, 0.2) is 41.3 Å². The number of carboxylic acids is 1. The molecule has 0 aliphatic heterocycles. The van der Waals surface area contributed by atoms with Crippen LogP contribution < -0.4 is 4.74 Å². The summed E-state index contributed by atoms with van der Waals surface area (Å²) in [6.45, 7) is 1.79. The fourth-order valence-corrected chi connectivity index (χ4v) is 3.90. The maximum Gasteiger partial charge on any atom is 0.341 e. The van der Waals surface area contributed by atoms with Gasteiger partial charge in [0, 0.05) is 31.3 Å². The molecule has 7 nitrogen and oxygen atoms in total. The minimum Gasteiger partial charge on any atom is -0.481 e. The highest BCUT2D eigenvalue weighted by atomic mass is 35.5. The summed E-state index contributed by atoms with van der Waals surface area (Å²) in [5.74, 6) is -0.814. The number of hydrogen-bond acceptors (Lipinski definition) is 5. The zero-order valence-electron chi connectivity index (χ0n) is 15.8. The quantitative estimate of drug-likeness (QED) is 0.661. The van der Waals surface area contributed by atoms with Gasteiger partial charge in [-0.15, -0.1) is 0 Å². The van der Waals surface area contributed by atoms with E-state index in [1.165, 1.54) is 30.6 Å². The van der Waals surface area contributed by atoms with Crippen molar-refractivity contribution in [2.75, 3.05) is 33.9 Å². The minimum atomic E-state index is -3.72. The highest BCUT2D eigenvalue weighted by Gasteiger charge is 2.22. The summed E-state index contributed by atoms with van der Waals surface area (Å²) >= 11 is 6.11. The Labute approximate surface area is 169 Å². The third kappa shape index (κ3) is 5.23. The van der Waals surface area contributed by atoms with Crippen LogP contribution in [0.2, 0.25) is 5.02 Å². The number of rotatable bonds is 9. The van der Waals surface area contributed by atoms with E-state index in [0.29, 0.717) is 21.9 Å². The fraction of sp³-hybridized carbons (Fsp3) is 0.316. The molecule has 0 amide bonds. The number of hydrogen-bond donors (Lipinski definition) is 1. The van der Waals surface area contributed by atoms with Crippen molar-refractivity contribution in [3.8, 4) is 16.9 Å². The van der Waals surface area contributed by atoms with Crippen LogP contribution in [0.1, 0.15) is 5.56 Å². The van der Waals surface area contributed by atoms with Crippen molar-refractivity contribution in [1.29, 1.82) is 0 Å². The molecule has 0 aromatic heterocycles. The molecule has 0 aliphatic carbocycles. The molecule has 2 aromatic rings. The number of aryl methyl sites for hydroxylation is 1. The monoisotopic (exact) mass is 427 g/mol. The van der Waals surface area contributed by atoms with Crippen LogP contribution in [-0.4, -0.2) is 57.7 Å². The lowest BCUT2D eigenvalue weighted by Gasteiger charge is -2.19. The van der Waals surface area contributed by atoms with Gasteiger partial charge >= 0.3 is 5.97 Å². The van der Waals surface area contributed by atoms with Crippen LogP contribution in [0.25, 0.3) is 11.1 Å². The van der Waals surface area contributed by atoms with Gasteiger partial charge in [-0.2, -0.15) is 4.31 Å². The molecular formula is C19H22ClNO6S. The summed E-state index contributed by atoms with van der Waals surface area (Å²) in [6, 6.07) is 9.51. The molecule has 0 aliphatic rings. The van der Waals surface area contributed by atoms with Gasteiger partial charge in [-0.05, 0) is 48.4 Å². The van der Waals surface area contributed by atoms with Gasteiger partial charge in [0.25, 0.3) is 0 Å². The topological polar surface area (TPSA) is 93.1 Å². The molecule has 0 heterocycles. The Morgan fingerprint density at radius 1 is 1.18 bits per heavy atom. The molecule has 2 rings (SSSR count). The Morgan fingerprint density at radius 3 is 2.54 bits per heavy atom. The Morgan fingerprint density at radius 2 is 1.89 bits per heavy atom. The van der Waals surface area contributed by atoms with E-state index in [-0.39, 0.29) is 18.0 Å². The summed E-state index contributed by atoms with van der Waals surface area (Å²) in [7, 11) is -0.739. The van der Waals surface area contributed by atoms with Crippen molar-refractivity contribution in [3.05, 3.63) is 47.0 Å². The lowest BCUT2D eigenvalue weighted by atomic mass is 10.00. The molecule has 0 spiro atoms. The number of halogens is 1. The van der Waals surface area contributed by atoms with Gasteiger partial charge in [0.1, 0.15) is 5.75 Å². The Balaban J connectivity index is 2.52. The summed E-state index contributed by atoms with van der Waals surface area (Å²) in [4.78, 5) is 11.0. The van der Waals surface area contributed by atoms with Gasteiger partial charge in [-0.1, -0.05) is 17.7 Å².